The van der Waals surface area contributed by atoms with Crippen molar-refractivity contribution in [2.45, 2.75) is 32.6 Å². The molecule has 0 radical (unpaired) electrons. The number of ketones is 1. The van der Waals surface area contributed by atoms with E-state index in [0.29, 0.717) is 12.1 Å². The van der Waals surface area contributed by atoms with E-state index in [1.807, 2.05) is 61.6 Å². The fourth-order valence-corrected chi connectivity index (χ4v) is 2.78. The van der Waals surface area contributed by atoms with Crippen LogP contribution in [0.1, 0.15) is 42.1 Å². The quantitative estimate of drug-likeness (QED) is 0.661. The van der Waals surface area contributed by atoms with Crippen molar-refractivity contribution in [2.24, 2.45) is 0 Å². The van der Waals surface area contributed by atoms with Gasteiger partial charge in [-0.3, -0.25) is 9.59 Å². The summed E-state index contributed by atoms with van der Waals surface area (Å²) in [6.45, 7) is 3.42. The zero-order chi connectivity index (χ0) is 18.8. The number of nitrogens with one attached hydrogen (secondary N) is 1. The Kier molecular flexibility index (Phi) is 7.87. The van der Waals surface area contributed by atoms with E-state index in [9.17, 15) is 9.59 Å². The minimum Gasteiger partial charge on any atom is -0.373 e. The van der Waals surface area contributed by atoms with Gasteiger partial charge in [-0.2, -0.15) is 0 Å². The molecule has 0 aromatic heterocycles. The molecule has 0 atom stereocenters. The van der Waals surface area contributed by atoms with Gasteiger partial charge in [0, 0.05) is 44.2 Å². The molecule has 0 heterocycles. The summed E-state index contributed by atoms with van der Waals surface area (Å²) in [5.41, 5.74) is 3.04. The largest absolute Gasteiger partial charge is 0.373 e. The molecule has 0 fully saturated rings. The van der Waals surface area contributed by atoms with Gasteiger partial charge in [-0.25, -0.2) is 0 Å². The molecule has 0 unspecified atom stereocenters. The highest BCUT2D eigenvalue weighted by atomic mass is 16.2. The summed E-state index contributed by atoms with van der Waals surface area (Å²) in [4.78, 5) is 26.2. The van der Waals surface area contributed by atoms with Gasteiger partial charge in [0.15, 0.2) is 5.78 Å². The lowest BCUT2D eigenvalue weighted by Gasteiger charge is -2.19. The number of benzene rings is 2. The Labute approximate surface area is 156 Å². The third-order valence-corrected chi connectivity index (χ3v) is 4.36. The summed E-state index contributed by atoms with van der Waals surface area (Å²) in [5, 5.41) is 2.88. The van der Waals surface area contributed by atoms with Crippen molar-refractivity contribution in [3.8, 4) is 0 Å². The predicted molar refractivity (Wildman–Crippen MR) is 107 cm³/mol. The molecule has 1 N–H and O–H groups in total. The third-order valence-electron chi connectivity index (χ3n) is 4.36. The Morgan fingerprint density at radius 1 is 0.962 bits per heavy atom. The Bertz CT molecular complexity index is 696. The first kappa shape index (κ1) is 19.7. The normalized spacial score (nSPS) is 10.4. The van der Waals surface area contributed by atoms with Crippen molar-refractivity contribution in [3.63, 3.8) is 0 Å². The van der Waals surface area contributed by atoms with Crippen LogP contribution in [0, 0.1) is 0 Å². The lowest BCUT2D eigenvalue weighted by molar-refractivity contribution is -0.121. The maximum Gasteiger partial charge on any atom is 0.220 e. The first-order valence-electron chi connectivity index (χ1n) is 9.25. The number of carbonyl (C=O) groups is 2. The Balaban J connectivity index is 1.68. The number of aryl methyl sites for hydroxylation is 1. The number of Topliss-reactive ketones (excluding diaryl/α,β-unsaturated/α-hetero) is 1. The summed E-state index contributed by atoms with van der Waals surface area (Å²) in [7, 11) is 1.99. The van der Waals surface area contributed by atoms with Crippen LogP contribution in [-0.4, -0.2) is 31.8 Å². The van der Waals surface area contributed by atoms with Gasteiger partial charge >= 0.3 is 0 Å². The standard InChI is InChI=1S/C22H28N2O2/c1-3-7-18-10-12-19(13-11-18)21(25)14-15-22(26)23-16-17-24(2)20-8-5-4-6-9-20/h4-6,8-13H,3,7,14-17H2,1-2H3,(H,23,26). The number of nitrogens with zero attached hydrogens (tertiary/aromatic N) is 1. The van der Waals surface area contributed by atoms with E-state index in [-0.39, 0.29) is 24.5 Å². The topological polar surface area (TPSA) is 49.4 Å². The number of anilines is 1. The van der Waals surface area contributed by atoms with Crippen LogP contribution in [-0.2, 0) is 11.2 Å². The molecule has 0 aliphatic rings. The van der Waals surface area contributed by atoms with E-state index in [1.54, 1.807) is 0 Å². The summed E-state index contributed by atoms with van der Waals surface area (Å²) in [6.07, 6.45) is 2.58. The van der Waals surface area contributed by atoms with Crippen LogP contribution in [0.4, 0.5) is 5.69 Å². The molecular weight excluding hydrogens is 324 g/mol. The molecular formula is C22H28N2O2. The highest BCUT2D eigenvalue weighted by Crippen LogP contribution is 2.11. The SMILES string of the molecule is CCCc1ccc(C(=O)CCC(=O)NCCN(C)c2ccccc2)cc1. The highest BCUT2D eigenvalue weighted by Gasteiger charge is 2.09. The van der Waals surface area contributed by atoms with Crippen molar-refractivity contribution >= 4 is 17.4 Å². The van der Waals surface area contributed by atoms with Gasteiger partial charge in [-0.05, 0) is 24.1 Å². The van der Waals surface area contributed by atoms with Crippen LogP contribution in [0.5, 0.6) is 0 Å². The predicted octanol–water partition coefficient (Wildman–Crippen LogP) is 3.85. The maximum absolute atomic E-state index is 12.2. The first-order chi connectivity index (χ1) is 12.6. The number of likely N-dealkylation sites (N-methyl/N-ethyl adjacent to an activating group) is 1. The smallest absolute Gasteiger partial charge is 0.220 e. The monoisotopic (exact) mass is 352 g/mol. The number of rotatable bonds is 10. The zero-order valence-corrected chi connectivity index (χ0v) is 15.7. The highest BCUT2D eigenvalue weighted by molar-refractivity contribution is 5.97. The Morgan fingerprint density at radius 2 is 1.65 bits per heavy atom. The average Bonchev–Trinajstić information content (AvgIpc) is 2.67. The number of hydrogen-bond acceptors (Lipinski definition) is 3. The Hall–Kier alpha value is -2.62. The van der Waals surface area contributed by atoms with Crippen LogP contribution in [0.3, 0.4) is 0 Å². The molecule has 0 saturated heterocycles. The fourth-order valence-electron chi connectivity index (χ4n) is 2.78. The third kappa shape index (κ3) is 6.36. The molecule has 0 aliphatic heterocycles. The molecule has 0 aliphatic carbocycles. The second-order valence-corrected chi connectivity index (χ2v) is 6.48. The van der Waals surface area contributed by atoms with Crippen molar-refractivity contribution in [1.82, 2.24) is 5.32 Å². The van der Waals surface area contributed by atoms with Gasteiger partial charge in [-0.1, -0.05) is 55.8 Å². The van der Waals surface area contributed by atoms with Crippen LogP contribution in [0.2, 0.25) is 0 Å². The average molecular weight is 352 g/mol. The molecule has 2 rings (SSSR count). The molecule has 4 heteroatoms. The second-order valence-electron chi connectivity index (χ2n) is 6.48. The number of carbonyl (C=O) groups excluding carboxylic acids is 2. The lowest BCUT2D eigenvalue weighted by Crippen LogP contribution is -2.33. The van der Waals surface area contributed by atoms with E-state index in [4.69, 9.17) is 0 Å². The number of hydrogen-bond donors (Lipinski definition) is 1. The van der Waals surface area contributed by atoms with Crippen molar-refractivity contribution in [1.29, 1.82) is 0 Å². The van der Waals surface area contributed by atoms with Crippen LogP contribution in [0.25, 0.3) is 0 Å². The molecule has 1 amide bonds. The van der Waals surface area contributed by atoms with Crippen molar-refractivity contribution in [2.75, 3.05) is 25.0 Å². The van der Waals surface area contributed by atoms with Crippen LogP contribution < -0.4 is 10.2 Å². The molecule has 2 aromatic rings. The molecule has 0 spiro atoms. The fraction of sp³-hybridized carbons (Fsp3) is 0.364. The zero-order valence-electron chi connectivity index (χ0n) is 15.7. The van der Waals surface area contributed by atoms with E-state index < -0.39 is 0 Å². The van der Waals surface area contributed by atoms with Gasteiger partial charge in [0.25, 0.3) is 0 Å². The molecule has 26 heavy (non-hydrogen) atoms. The van der Waals surface area contributed by atoms with Crippen molar-refractivity contribution in [3.05, 3.63) is 65.7 Å². The van der Waals surface area contributed by atoms with Crippen molar-refractivity contribution < 1.29 is 9.59 Å². The summed E-state index contributed by atoms with van der Waals surface area (Å²) in [5.74, 6) is -0.0629. The van der Waals surface area contributed by atoms with Gasteiger partial charge < -0.3 is 10.2 Å². The van der Waals surface area contributed by atoms with E-state index >= 15 is 0 Å². The molecule has 0 saturated carbocycles. The Morgan fingerprint density at radius 3 is 2.31 bits per heavy atom. The summed E-state index contributed by atoms with van der Waals surface area (Å²) in [6, 6.07) is 17.7. The number of amides is 1. The summed E-state index contributed by atoms with van der Waals surface area (Å²) < 4.78 is 0. The lowest BCUT2D eigenvalue weighted by atomic mass is 10.0. The van der Waals surface area contributed by atoms with E-state index in [0.717, 1.165) is 25.1 Å². The minimum atomic E-state index is -0.0811. The maximum atomic E-state index is 12.2. The molecule has 2 aromatic carbocycles. The first-order valence-corrected chi connectivity index (χ1v) is 9.25. The van der Waals surface area contributed by atoms with E-state index in [1.165, 1.54) is 5.56 Å². The van der Waals surface area contributed by atoms with Crippen LogP contribution >= 0.6 is 0 Å². The van der Waals surface area contributed by atoms with E-state index in [2.05, 4.69) is 17.1 Å². The second kappa shape index (κ2) is 10.4. The van der Waals surface area contributed by atoms with Gasteiger partial charge in [0.2, 0.25) is 5.91 Å². The summed E-state index contributed by atoms with van der Waals surface area (Å²) >= 11 is 0. The van der Waals surface area contributed by atoms with Crippen LogP contribution in [0.15, 0.2) is 54.6 Å². The van der Waals surface area contributed by atoms with Gasteiger partial charge in [-0.15, -0.1) is 0 Å². The minimum absolute atomic E-state index is 0.0182. The van der Waals surface area contributed by atoms with Gasteiger partial charge in [0.05, 0.1) is 0 Å². The van der Waals surface area contributed by atoms with Gasteiger partial charge in [0.1, 0.15) is 0 Å². The number of para-hydroxylation sites is 1. The molecule has 0 bridgehead atoms. The molecule has 4 nitrogen and oxygen atoms in total. The molecule has 138 valence electrons.